The van der Waals surface area contributed by atoms with Gasteiger partial charge in [-0.15, -0.1) is 0 Å². The summed E-state index contributed by atoms with van der Waals surface area (Å²) in [5.41, 5.74) is 0. The van der Waals surface area contributed by atoms with Gasteiger partial charge >= 0.3 is 0 Å². The Morgan fingerprint density at radius 3 is 2.63 bits per heavy atom. The fraction of sp³-hybridized carbons (Fsp3) is 0.167. The van der Waals surface area contributed by atoms with E-state index in [2.05, 4.69) is 15.3 Å². The first-order valence-electron chi connectivity index (χ1n) is 5.35. The number of anilines is 1. The van der Waals surface area contributed by atoms with Crippen molar-refractivity contribution in [2.75, 3.05) is 19.5 Å². The van der Waals surface area contributed by atoms with E-state index in [1.165, 1.54) is 13.4 Å². The van der Waals surface area contributed by atoms with Crippen LogP contribution in [0.25, 0.3) is 0 Å². The Labute approximate surface area is 120 Å². The summed E-state index contributed by atoms with van der Waals surface area (Å²) in [4.78, 5) is 8.05. The molecule has 0 saturated carbocycles. The fourth-order valence-electron chi connectivity index (χ4n) is 1.45. The second-order valence-electron chi connectivity index (χ2n) is 3.49. The summed E-state index contributed by atoms with van der Waals surface area (Å²) in [5.74, 6) is 1.63. The highest BCUT2D eigenvalue weighted by molar-refractivity contribution is 6.35. The van der Waals surface area contributed by atoms with E-state index in [0.29, 0.717) is 27.4 Å². The van der Waals surface area contributed by atoms with E-state index in [1.807, 2.05) is 0 Å². The maximum Gasteiger partial charge on any atom is 0.268 e. The largest absolute Gasteiger partial charge is 0.489 e. The van der Waals surface area contributed by atoms with Crippen LogP contribution in [0.1, 0.15) is 0 Å². The molecule has 0 amide bonds. The van der Waals surface area contributed by atoms with E-state index in [0.717, 1.165) is 0 Å². The zero-order chi connectivity index (χ0) is 13.8. The van der Waals surface area contributed by atoms with Gasteiger partial charge in [-0.3, -0.25) is 0 Å². The van der Waals surface area contributed by atoms with E-state index in [4.69, 9.17) is 32.7 Å². The van der Waals surface area contributed by atoms with Gasteiger partial charge in [0.15, 0.2) is 5.82 Å². The molecule has 0 radical (unpaired) electrons. The number of aromatic nitrogens is 2. The third-order valence-electron chi connectivity index (χ3n) is 2.31. The van der Waals surface area contributed by atoms with E-state index >= 15 is 0 Å². The molecule has 2 rings (SSSR count). The minimum absolute atomic E-state index is 0.270. The molecule has 0 aliphatic heterocycles. The molecule has 1 N–H and O–H groups in total. The lowest BCUT2D eigenvalue weighted by molar-refractivity contribution is 0.369. The van der Waals surface area contributed by atoms with Crippen molar-refractivity contribution in [2.45, 2.75) is 0 Å². The molecule has 0 aliphatic carbocycles. The number of rotatable bonds is 4. The maximum atomic E-state index is 6.04. The summed E-state index contributed by atoms with van der Waals surface area (Å²) in [7, 11) is 3.24. The van der Waals surface area contributed by atoms with Gasteiger partial charge in [0.25, 0.3) is 5.88 Å². The molecule has 0 bridgehead atoms. The van der Waals surface area contributed by atoms with Crippen LogP contribution < -0.4 is 14.8 Å². The number of nitrogens with one attached hydrogen (secondary N) is 1. The van der Waals surface area contributed by atoms with Crippen molar-refractivity contribution < 1.29 is 9.47 Å². The van der Waals surface area contributed by atoms with E-state index in [9.17, 15) is 0 Å². The Hall–Kier alpha value is -1.72. The van der Waals surface area contributed by atoms with Gasteiger partial charge in [-0.25, -0.2) is 4.98 Å². The number of hydrogen-bond acceptors (Lipinski definition) is 5. The van der Waals surface area contributed by atoms with Crippen LogP contribution in [-0.4, -0.2) is 24.1 Å². The minimum Gasteiger partial charge on any atom is -0.489 e. The third kappa shape index (κ3) is 3.00. The molecule has 0 saturated heterocycles. The number of hydrogen-bond donors (Lipinski definition) is 1. The van der Waals surface area contributed by atoms with Crippen molar-refractivity contribution in [1.29, 1.82) is 0 Å². The van der Waals surface area contributed by atoms with Crippen LogP contribution in [0, 0.1) is 0 Å². The number of nitrogens with zero attached hydrogens (tertiary/aromatic N) is 2. The van der Waals surface area contributed by atoms with Gasteiger partial charge in [0.1, 0.15) is 12.1 Å². The average molecular weight is 300 g/mol. The summed E-state index contributed by atoms with van der Waals surface area (Å²) in [5, 5.41) is 3.80. The number of ether oxygens (including phenoxy) is 2. The van der Waals surface area contributed by atoms with Crippen LogP contribution in [0.5, 0.6) is 17.4 Å². The van der Waals surface area contributed by atoms with Crippen LogP contribution in [0.4, 0.5) is 5.82 Å². The summed E-state index contributed by atoms with van der Waals surface area (Å²) in [6.07, 6.45) is 1.37. The molecule has 1 aromatic carbocycles. The van der Waals surface area contributed by atoms with Gasteiger partial charge < -0.3 is 14.8 Å². The van der Waals surface area contributed by atoms with Crippen LogP contribution in [0.3, 0.4) is 0 Å². The Morgan fingerprint density at radius 1 is 1.21 bits per heavy atom. The van der Waals surface area contributed by atoms with E-state index in [-0.39, 0.29) is 5.88 Å². The molecule has 0 fully saturated rings. The molecule has 0 aliphatic rings. The Morgan fingerprint density at radius 2 is 2.00 bits per heavy atom. The first-order chi connectivity index (χ1) is 9.15. The van der Waals surface area contributed by atoms with Gasteiger partial charge in [0.05, 0.1) is 12.1 Å². The van der Waals surface area contributed by atoms with Crippen molar-refractivity contribution in [3.05, 3.63) is 34.6 Å². The van der Waals surface area contributed by atoms with Crippen molar-refractivity contribution in [3.63, 3.8) is 0 Å². The molecule has 1 heterocycles. The third-order valence-corrected chi connectivity index (χ3v) is 2.84. The maximum absolute atomic E-state index is 6.04. The normalized spacial score (nSPS) is 10.1. The quantitative estimate of drug-likeness (QED) is 0.934. The Kier molecular flexibility index (Phi) is 4.29. The molecule has 19 heavy (non-hydrogen) atoms. The zero-order valence-corrected chi connectivity index (χ0v) is 11.8. The van der Waals surface area contributed by atoms with Gasteiger partial charge in [-0.1, -0.05) is 23.2 Å². The summed E-state index contributed by atoms with van der Waals surface area (Å²) in [6, 6.07) is 4.92. The molecular formula is C12H11Cl2N3O2. The second kappa shape index (κ2) is 5.95. The molecule has 7 heteroatoms. The van der Waals surface area contributed by atoms with Crippen molar-refractivity contribution >= 4 is 29.0 Å². The lowest BCUT2D eigenvalue weighted by Gasteiger charge is -2.12. The molecular weight excluding hydrogens is 289 g/mol. The SMILES string of the molecule is CNc1ncnc(Oc2ccc(Cl)cc2Cl)c1OC. The molecule has 5 nitrogen and oxygen atoms in total. The topological polar surface area (TPSA) is 56.3 Å². The van der Waals surface area contributed by atoms with Crippen LogP contribution >= 0.6 is 23.2 Å². The average Bonchev–Trinajstić information content (AvgIpc) is 2.41. The van der Waals surface area contributed by atoms with E-state index in [1.54, 1.807) is 25.2 Å². The minimum atomic E-state index is 0.270. The van der Waals surface area contributed by atoms with Gasteiger partial charge in [-0.2, -0.15) is 4.98 Å². The Bertz CT molecular complexity index is 593. The van der Waals surface area contributed by atoms with Crippen LogP contribution in [0.2, 0.25) is 10.0 Å². The predicted molar refractivity (Wildman–Crippen MR) is 74.7 cm³/mol. The molecule has 100 valence electrons. The highest BCUT2D eigenvalue weighted by Gasteiger charge is 2.14. The van der Waals surface area contributed by atoms with Gasteiger partial charge in [0.2, 0.25) is 5.75 Å². The lowest BCUT2D eigenvalue weighted by Crippen LogP contribution is -2.01. The first-order valence-corrected chi connectivity index (χ1v) is 6.11. The standard InChI is InChI=1S/C12H11Cl2N3O2/c1-15-11-10(18-2)12(17-6-16-11)19-9-4-3-7(13)5-8(9)14/h3-6H,1-2H3,(H,15,16,17). The fourth-order valence-corrected chi connectivity index (χ4v) is 1.90. The molecule has 1 aromatic heterocycles. The molecule has 0 atom stereocenters. The van der Waals surface area contributed by atoms with Gasteiger partial charge in [-0.05, 0) is 18.2 Å². The first kappa shape index (κ1) is 13.7. The van der Waals surface area contributed by atoms with E-state index < -0.39 is 0 Å². The van der Waals surface area contributed by atoms with Crippen LogP contribution in [0.15, 0.2) is 24.5 Å². The highest BCUT2D eigenvalue weighted by Crippen LogP contribution is 2.37. The molecule has 0 unspecified atom stereocenters. The Balaban J connectivity index is 2.37. The smallest absolute Gasteiger partial charge is 0.268 e. The number of benzene rings is 1. The van der Waals surface area contributed by atoms with Crippen LogP contribution in [-0.2, 0) is 0 Å². The van der Waals surface area contributed by atoms with Gasteiger partial charge in [0, 0.05) is 12.1 Å². The number of halogens is 2. The molecule has 0 spiro atoms. The van der Waals surface area contributed by atoms with Crippen molar-refractivity contribution in [2.24, 2.45) is 0 Å². The summed E-state index contributed by atoms with van der Waals surface area (Å²) < 4.78 is 10.8. The van der Waals surface area contributed by atoms with Crippen molar-refractivity contribution in [1.82, 2.24) is 9.97 Å². The lowest BCUT2D eigenvalue weighted by atomic mass is 10.3. The molecule has 2 aromatic rings. The highest BCUT2D eigenvalue weighted by atomic mass is 35.5. The second-order valence-corrected chi connectivity index (χ2v) is 4.33. The number of methoxy groups -OCH3 is 1. The van der Waals surface area contributed by atoms with Crippen molar-refractivity contribution in [3.8, 4) is 17.4 Å². The predicted octanol–water partition coefficient (Wildman–Crippen LogP) is 3.63. The summed E-state index contributed by atoms with van der Waals surface area (Å²) in [6.45, 7) is 0. The monoisotopic (exact) mass is 299 g/mol. The zero-order valence-electron chi connectivity index (χ0n) is 10.3. The summed E-state index contributed by atoms with van der Waals surface area (Å²) >= 11 is 11.9.